The standard InChI is InChI=1S/C15H22N2O3.ClH/c1-17(15(19)12-5-3-4-8-16-12)10-11-6-7-14(20-2)13(18)9-11;/h6-7,9,12,16,18H,3-5,8,10H2,1-2H3;1H. The Kier molecular flexibility index (Phi) is 6.78. The van der Waals surface area contributed by atoms with Gasteiger partial charge in [-0.15, -0.1) is 12.4 Å². The van der Waals surface area contributed by atoms with E-state index in [0.717, 1.165) is 31.4 Å². The van der Waals surface area contributed by atoms with E-state index in [4.69, 9.17) is 4.74 Å². The maximum atomic E-state index is 12.3. The van der Waals surface area contributed by atoms with Gasteiger partial charge in [0.05, 0.1) is 13.2 Å². The number of nitrogens with zero attached hydrogens (tertiary/aromatic N) is 1. The zero-order valence-electron chi connectivity index (χ0n) is 12.5. The van der Waals surface area contributed by atoms with Crippen LogP contribution >= 0.6 is 12.4 Å². The zero-order chi connectivity index (χ0) is 14.5. The fourth-order valence-corrected chi connectivity index (χ4v) is 2.51. The van der Waals surface area contributed by atoms with Crippen molar-refractivity contribution in [3.8, 4) is 11.5 Å². The van der Waals surface area contributed by atoms with Gasteiger partial charge in [0, 0.05) is 13.6 Å². The van der Waals surface area contributed by atoms with Gasteiger partial charge in [0.1, 0.15) is 0 Å². The van der Waals surface area contributed by atoms with E-state index in [1.807, 2.05) is 6.07 Å². The number of aromatic hydroxyl groups is 1. The number of phenols is 1. The summed E-state index contributed by atoms with van der Waals surface area (Å²) in [5, 5.41) is 13.0. The van der Waals surface area contributed by atoms with Crippen molar-refractivity contribution in [1.82, 2.24) is 10.2 Å². The third kappa shape index (κ3) is 4.51. The van der Waals surface area contributed by atoms with Crippen LogP contribution in [0.25, 0.3) is 0 Å². The first kappa shape index (κ1) is 17.6. The minimum atomic E-state index is -0.0689. The first-order valence-electron chi connectivity index (χ1n) is 6.96. The summed E-state index contributed by atoms with van der Waals surface area (Å²) < 4.78 is 5.01. The molecule has 0 bridgehead atoms. The van der Waals surface area contributed by atoms with Crippen LogP contribution in [0.1, 0.15) is 24.8 Å². The van der Waals surface area contributed by atoms with Crippen LogP contribution < -0.4 is 10.1 Å². The summed E-state index contributed by atoms with van der Waals surface area (Å²) in [6, 6.07) is 5.13. The van der Waals surface area contributed by atoms with E-state index in [-0.39, 0.29) is 30.1 Å². The van der Waals surface area contributed by atoms with Crippen LogP contribution in [0.15, 0.2) is 18.2 Å². The van der Waals surface area contributed by atoms with Crippen molar-refractivity contribution in [2.24, 2.45) is 0 Å². The Morgan fingerprint density at radius 1 is 1.48 bits per heavy atom. The Bertz CT molecular complexity index is 476. The summed E-state index contributed by atoms with van der Waals surface area (Å²) in [6.45, 7) is 1.39. The molecule has 1 aromatic rings. The maximum Gasteiger partial charge on any atom is 0.239 e. The summed E-state index contributed by atoms with van der Waals surface area (Å²) >= 11 is 0. The average molecular weight is 315 g/mol. The molecule has 0 aliphatic carbocycles. The van der Waals surface area contributed by atoms with Crippen LogP contribution in [0.4, 0.5) is 0 Å². The fraction of sp³-hybridized carbons (Fsp3) is 0.533. The monoisotopic (exact) mass is 314 g/mol. The van der Waals surface area contributed by atoms with Gasteiger partial charge in [-0.05, 0) is 37.1 Å². The number of hydrogen-bond donors (Lipinski definition) is 2. The molecule has 0 spiro atoms. The lowest BCUT2D eigenvalue weighted by Crippen LogP contribution is -2.46. The number of amides is 1. The predicted octanol–water partition coefficient (Wildman–Crippen LogP) is 1.92. The van der Waals surface area contributed by atoms with E-state index in [1.54, 1.807) is 24.1 Å². The lowest BCUT2D eigenvalue weighted by molar-refractivity contribution is -0.133. The Morgan fingerprint density at radius 2 is 2.24 bits per heavy atom. The number of likely N-dealkylation sites (N-methyl/N-ethyl adjacent to an activating group) is 1. The summed E-state index contributed by atoms with van der Waals surface area (Å²) in [5.41, 5.74) is 0.884. The first-order chi connectivity index (χ1) is 9.61. The van der Waals surface area contributed by atoms with Crippen LogP contribution in [0.3, 0.4) is 0 Å². The minimum absolute atomic E-state index is 0. The molecule has 0 saturated carbocycles. The largest absolute Gasteiger partial charge is 0.504 e. The second kappa shape index (κ2) is 8.10. The fourth-order valence-electron chi connectivity index (χ4n) is 2.51. The number of carbonyl (C=O) groups excluding carboxylic acids is 1. The Hall–Kier alpha value is -1.46. The van der Waals surface area contributed by atoms with Crippen molar-refractivity contribution in [2.45, 2.75) is 31.8 Å². The van der Waals surface area contributed by atoms with Crippen LogP contribution in [0, 0.1) is 0 Å². The normalized spacial score (nSPS) is 17.7. The number of piperidine rings is 1. The SMILES string of the molecule is COc1ccc(CN(C)C(=O)C2CCCCN2)cc1O.Cl. The number of hydrogen-bond acceptors (Lipinski definition) is 4. The predicted molar refractivity (Wildman–Crippen MR) is 84.0 cm³/mol. The third-order valence-electron chi connectivity index (χ3n) is 3.65. The van der Waals surface area contributed by atoms with Gasteiger partial charge in [-0.2, -0.15) is 0 Å². The number of nitrogens with one attached hydrogen (secondary N) is 1. The summed E-state index contributed by atoms with van der Waals surface area (Å²) in [6.07, 6.45) is 3.14. The number of phenolic OH excluding ortho intramolecular Hbond substituents is 1. The molecule has 1 unspecified atom stereocenters. The Balaban J connectivity index is 0.00000220. The minimum Gasteiger partial charge on any atom is -0.504 e. The molecule has 1 amide bonds. The lowest BCUT2D eigenvalue weighted by atomic mass is 10.0. The lowest BCUT2D eigenvalue weighted by Gasteiger charge is -2.27. The van der Waals surface area contributed by atoms with Gasteiger partial charge in [0.25, 0.3) is 0 Å². The van der Waals surface area contributed by atoms with Gasteiger partial charge in [0.15, 0.2) is 11.5 Å². The van der Waals surface area contributed by atoms with Gasteiger partial charge in [0.2, 0.25) is 5.91 Å². The van der Waals surface area contributed by atoms with Gasteiger partial charge < -0.3 is 20.1 Å². The maximum absolute atomic E-state index is 12.3. The van der Waals surface area contributed by atoms with E-state index < -0.39 is 0 Å². The van der Waals surface area contributed by atoms with Gasteiger partial charge >= 0.3 is 0 Å². The molecule has 2 rings (SSSR count). The molecule has 1 aliphatic heterocycles. The van der Waals surface area contributed by atoms with E-state index >= 15 is 0 Å². The Labute approximate surface area is 131 Å². The van der Waals surface area contributed by atoms with Gasteiger partial charge in [-0.25, -0.2) is 0 Å². The first-order valence-corrected chi connectivity index (χ1v) is 6.96. The van der Waals surface area contributed by atoms with E-state index in [2.05, 4.69) is 5.32 Å². The topological polar surface area (TPSA) is 61.8 Å². The second-order valence-electron chi connectivity index (χ2n) is 5.20. The van der Waals surface area contributed by atoms with Crippen LogP contribution in [0.2, 0.25) is 0 Å². The molecule has 6 heteroatoms. The molecule has 1 heterocycles. The summed E-state index contributed by atoms with van der Waals surface area (Å²) in [4.78, 5) is 14.0. The number of halogens is 1. The Morgan fingerprint density at radius 3 is 2.81 bits per heavy atom. The number of ether oxygens (including phenoxy) is 1. The molecule has 21 heavy (non-hydrogen) atoms. The molecule has 2 N–H and O–H groups in total. The van der Waals surface area contributed by atoms with Crippen molar-refractivity contribution >= 4 is 18.3 Å². The highest BCUT2D eigenvalue weighted by Gasteiger charge is 2.23. The molecule has 5 nitrogen and oxygen atoms in total. The molecular formula is C15H23ClN2O3. The quantitative estimate of drug-likeness (QED) is 0.891. The van der Waals surface area contributed by atoms with Crippen LogP contribution in [-0.2, 0) is 11.3 Å². The van der Waals surface area contributed by atoms with Crippen LogP contribution in [0.5, 0.6) is 11.5 Å². The molecule has 118 valence electrons. The molecule has 1 aromatic carbocycles. The van der Waals surface area contributed by atoms with E-state index in [1.165, 1.54) is 7.11 Å². The van der Waals surface area contributed by atoms with Crippen molar-refractivity contribution in [1.29, 1.82) is 0 Å². The molecule has 1 fully saturated rings. The number of benzene rings is 1. The third-order valence-corrected chi connectivity index (χ3v) is 3.65. The van der Waals surface area contributed by atoms with Gasteiger partial charge in [-0.3, -0.25) is 4.79 Å². The number of rotatable bonds is 4. The highest BCUT2D eigenvalue weighted by atomic mass is 35.5. The number of methoxy groups -OCH3 is 1. The second-order valence-corrected chi connectivity index (χ2v) is 5.20. The highest BCUT2D eigenvalue weighted by Crippen LogP contribution is 2.26. The average Bonchev–Trinajstić information content (AvgIpc) is 2.47. The van der Waals surface area contributed by atoms with Crippen LogP contribution in [-0.4, -0.2) is 42.7 Å². The molecule has 1 atom stereocenters. The van der Waals surface area contributed by atoms with E-state index in [9.17, 15) is 9.90 Å². The molecule has 1 saturated heterocycles. The summed E-state index contributed by atoms with van der Waals surface area (Å²) in [5.74, 6) is 0.651. The molecule has 0 aromatic heterocycles. The smallest absolute Gasteiger partial charge is 0.239 e. The molecule has 1 aliphatic rings. The highest BCUT2D eigenvalue weighted by molar-refractivity contribution is 5.85. The zero-order valence-corrected chi connectivity index (χ0v) is 13.3. The molecular weight excluding hydrogens is 292 g/mol. The van der Waals surface area contributed by atoms with E-state index in [0.29, 0.717) is 12.3 Å². The van der Waals surface area contributed by atoms with Crippen molar-refractivity contribution < 1.29 is 14.6 Å². The summed E-state index contributed by atoms with van der Waals surface area (Å²) in [7, 11) is 3.30. The molecule has 0 radical (unpaired) electrons. The van der Waals surface area contributed by atoms with Crippen molar-refractivity contribution in [2.75, 3.05) is 20.7 Å². The number of carbonyl (C=O) groups is 1. The van der Waals surface area contributed by atoms with Gasteiger partial charge in [-0.1, -0.05) is 12.5 Å². The van der Waals surface area contributed by atoms with Crippen molar-refractivity contribution in [3.63, 3.8) is 0 Å². The van der Waals surface area contributed by atoms with Crippen molar-refractivity contribution in [3.05, 3.63) is 23.8 Å².